The van der Waals surface area contributed by atoms with Gasteiger partial charge in [0.25, 0.3) is 0 Å². The molecule has 3 rings (SSSR count). The molecule has 98 valence electrons. The van der Waals surface area contributed by atoms with Crippen LogP contribution in [-0.4, -0.2) is 20.6 Å². The third kappa shape index (κ3) is 2.45. The molecule has 1 unspecified atom stereocenters. The number of fused-ring (bicyclic) bond motifs is 1. The molecule has 1 N–H and O–H groups in total. The molecule has 3 aromatic rings. The van der Waals surface area contributed by atoms with Gasteiger partial charge in [0.1, 0.15) is 5.76 Å². The lowest BCUT2D eigenvalue weighted by atomic mass is 10.2. The summed E-state index contributed by atoms with van der Waals surface area (Å²) in [5.74, 6) is 1.60. The molecule has 3 aromatic heterocycles. The Bertz CT molecular complexity index is 672. The molecular formula is C14H16N4O. The smallest absolute Gasteiger partial charge is 0.243 e. The highest BCUT2D eigenvalue weighted by atomic mass is 16.3. The maximum Gasteiger partial charge on any atom is 0.243 e. The van der Waals surface area contributed by atoms with Crippen LogP contribution in [0.1, 0.15) is 18.4 Å². The Kier molecular flexibility index (Phi) is 2.95. The van der Waals surface area contributed by atoms with Gasteiger partial charge < -0.3 is 9.73 Å². The van der Waals surface area contributed by atoms with E-state index >= 15 is 0 Å². The molecule has 0 radical (unpaired) electrons. The summed E-state index contributed by atoms with van der Waals surface area (Å²) in [4.78, 5) is 4.45. The van der Waals surface area contributed by atoms with E-state index < -0.39 is 0 Å². The Labute approximate surface area is 111 Å². The molecule has 3 heterocycles. The second kappa shape index (κ2) is 4.76. The highest BCUT2D eigenvalue weighted by molar-refractivity contribution is 5.44. The molecule has 0 aliphatic carbocycles. The molecular weight excluding hydrogens is 240 g/mol. The number of furan rings is 1. The molecule has 0 amide bonds. The molecule has 0 aromatic carbocycles. The van der Waals surface area contributed by atoms with Gasteiger partial charge in [0.05, 0.1) is 6.26 Å². The van der Waals surface area contributed by atoms with Crippen molar-refractivity contribution in [3.63, 3.8) is 0 Å². The van der Waals surface area contributed by atoms with Gasteiger partial charge in [-0.2, -0.15) is 4.98 Å². The van der Waals surface area contributed by atoms with Gasteiger partial charge in [-0.25, -0.2) is 4.52 Å². The van der Waals surface area contributed by atoms with E-state index in [9.17, 15) is 0 Å². The summed E-state index contributed by atoms with van der Waals surface area (Å²) in [5.41, 5.74) is 1.92. The highest BCUT2D eigenvalue weighted by Crippen LogP contribution is 2.11. The van der Waals surface area contributed by atoms with Crippen molar-refractivity contribution in [2.45, 2.75) is 26.3 Å². The van der Waals surface area contributed by atoms with Crippen LogP contribution in [0.2, 0.25) is 0 Å². The van der Waals surface area contributed by atoms with Crippen molar-refractivity contribution >= 4 is 11.6 Å². The predicted molar refractivity (Wildman–Crippen MR) is 73.2 cm³/mol. The monoisotopic (exact) mass is 256 g/mol. The van der Waals surface area contributed by atoms with Crippen LogP contribution in [0, 0.1) is 6.92 Å². The summed E-state index contributed by atoms with van der Waals surface area (Å²) in [6.45, 7) is 4.10. The summed E-state index contributed by atoms with van der Waals surface area (Å²) < 4.78 is 7.17. The first-order valence-electron chi connectivity index (χ1n) is 6.34. The predicted octanol–water partition coefficient (Wildman–Crippen LogP) is 2.67. The second-order valence-corrected chi connectivity index (χ2v) is 4.70. The second-order valence-electron chi connectivity index (χ2n) is 4.70. The molecule has 0 saturated heterocycles. The zero-order valence-electron chi connectivity index (χ0n) is 11.0. The Morgan fingerprint density at radius 1 is 1.32 bits per heavy atom. The topological polar surface area (TPSA) is 55.4 Å². The minimum atomic E-state index is 0.212. The largest absolute Gasteiger partial charge is 0.469 e. The standard InChI is InChI=1S/C14H16N4O/c1-10(9-12-6-4-8-19-12)15-14-16-13-7-3-5-11(2)18(13)17-14/h3-8,10H,9H2,1-2H3,(H,15,17). The van der Waals surface area contributed by atoms with Crippen LogP contribution in [0.3, 0.4) is 0 Å². The van der Waals surface area contributed by atoms with E-state index in [-0.39, 0.29) is 6.04 Å². The molecule has 0 saturated carbocycles. The van der Waals surface area contributed by atoms with Crippen molar-refractivity contribution in [2.24, 2.45) is 0 Å². The number of anilines is 1. The third-order valence-electron chi connectivity index (χ3n) is 3.01. The number of pyridine rings is 1. The van der Waals surface area contributed by atoms with Crippen molar-refractivity contribution in [1.82, 2.24) is 14.6 Å². The van der Waals surface area contributed by atoms with Gasteiger partial charge in [-0.3, -0.25) is 0 Å². The van der Waals surface area contributed by atoms with Crippen LogP contribution < -0.4 is 5.32 Å². The lowest BCUT2D eigenvalue weighted by Gasteiger charge is -2.09. The van der Waals surface area contributed by atoms with Crippen molar-refractivity contribution in [3.05, 3.63) is 48.0 Å². The Morgan fingerprint density at radius 2 is 2.21 bits per heavy atom. The van der Waals surface area contributed by atoms with Gasteiger partial charge in [-0.15, -0.1) is 5.10 Å². The normalized spacial score (nSPS) is 12.7. The van der Waals surface area contributed by atoms with Crippen molar-refractivity contribution in [2.75, 3.05) is 5.32 Å². The van der Waals surface area contributed by atoms with E-state index in [0.717, 1.165) is 23.5 Å². The SMILES string of the molecule is Cc1cccc2nc(NC(C)Cc3ccco3)nn12. The van der Waals surface area contributed by atoms with Crippen molar-refractivity contribution in [3.8, 4) is 0 Å². The van der Waals surface area contributed by atoms with Crippen molar-refractivity contribution < 1.29 is 4.42 Å². The fourth-order valence-corrected chi connectivity index (χ4v) is 2.10. The van der Waals surface area contributed by atoms with Crippen LogP contribution in [0.4, 0.5) is 5.95 Å². The average Bonchev–Trinajstić information content (AvgIpc) is 2.98. The minimum Gasteiger partial charge on any atom is -0.469 e. The fourth-order valence-electron chi connectivity index (χ4n) is 2.10. The quantitative estimate of drug-likeness (QED) is 0.779. The molecule has 19 heavy (non-hydrogen) atoms. The van der Waals surface area contributed by atoms with E-state index in [0.29, 0.717) is 5.95 Å². The van der Waals surface area contributed by atoms with Gasteiger partial charge in [-0.1, -0.05) is 6.07 Å². The number of aryl methyl sites for hydroxylation is 1. The third-order valence-corrected chi connectivity index (χ3v) is 3.01. The van der Waals surface area contributed by atoms with Gasteiger partial charge >= 0.3 is 0 Å². The van der Waals surface area contributed by atoms with Crippen LogP contribution >= 0.6 is 0 Å². The van der Waals surface area contributed by atoms with Crippen LogP contribution in [0.25, 0.3) is 5.65 Å². The van der Waals surface area contributed by atoms with Crippen LogP contribution in [-0.2, 0) is 6.42 Å². The lowest BCUT2D eigenvalue weighted by molar-refractivity contribution is 0.497. The summed E-state index contributed by atoms with van der Waals surface area (Å²) in [7, 11) is 0. The number of aromatic nitrogens is 3. The zero-order valence-corrected chi connectivity index (χ0v) is 11.0. The van der Waals surface area contributed by atoms with Gasteiger partial charge in [0, 0.05) is 18.2 Å². The lowest BCUT2D eigenvalue weighted by Crippen LogP contribution is -2.18. The Hall–Kier alpha value is -2.30. The molecule has 0 spiro atoms. The fraction of sp³-hybridized carbons (Fsp3) is 0.286. The molecule has 1 atom stereocenters. The summed E-state index contributed by atoms with van der Waals surface area (Å²) in [6.07, 6.45) is 2.50. The maximum absolute atomic E-state index is 5.33. The number of hydrogen-bond acceptors (Lipinski definition) is 4. The first-order chi connectivity index (χ1) is 9.22. The van der Waals surface area contributed by atoms with Crippen molar-refractivity contribution in [1.29, 1.82) is 0 Å². The average molecular weight is 256 g/mol. The summed E-state index contributed by atoms with van der Waals surface area (Å²) in [5, 5.41) is 7.74. The molecule has 0 aliphatic heterocycles. The molecule has 5 heteroatoms. The van der Waals surface area contributed by atoms with E-state index in [2.05, 4.69) is 22.3 Å². The molecule has 0 bridgehead atoms. The summed E-state index contributed by atoms with van der Waals surface area (Å²) >= 11 is 0. The van der Waals surface area contributed by atoms with Crippen LogP contribution in [0.5, 0.6) is 0 Å². The van der Waals surface area contributed by atoms with Gasteiger partial charge in [0.2, 0.25) is 5.95 Å². The van der Waals surface area contributed by atoms with E-state index in [1.54, 1.807) is 6.26 Å². The van der Waals surface area contributed by atoms with Gasteiger partial charge in [0.15, 0.2) is 5.65 Å². The van der Waals surface area contributed by atoms with E-state index in [1.807, 2.05) is 41.8 Å². The Morgan fingerprint density at radius 3 is 2.95 bits per heavy atom. The van der Waals surface area contributed by atoms with E-state index in [1.165, 1.54) is 0 Å². The molecule has 5 nitrogen and oxygen atoms in total. The first-order valence-corrected chi connectivity index (χ1v) is 6.34. The summed E-state index contributed by atoms with van der Waals surface area (Å²) in [6, 6.07) is 10.0. The molecule has 0 aliphatic rings. The Balaban J connectivity index is 1.76. The number of hydrogen-bond donors (Lipinski definition) is 1. The maximum atomic E-state index is 5.33. The first kappa shape index (κ1) is 11.8. The number of nitrogens with one attached hydrogen (secondary N) is 1. The number of rotatable bonds is 4. The highest BCUT2D eigenvalue weighted by Gasteiger charge is 2.10. The zero-order chi connectivity index (χ0) is 13.2. The molecule has 0 fully saturated rings. The number of nitrogens with zero attached hydrogens (tertiary/aromatic N) is 3. The minimum absolute atomic E-state index is 0.212. The van der Waals surface area contributed by atoms with Gasteiger partial charge in [-0.05, 0) is 38.1 Å². The van der Waals surface area contributed by atoms with E-state index in [4.69, 9.17) is 4.42 Å². The van der Waals surface area contributed by atoms with Crippen LogP contribution in [0.15, 0.2) is 41.0 Å².